The first kappa shape index (κ1) is 24.2. The number of nitrogens with zero attached hydrogens (tertiary/aromatic N) is 5. The molecule has 10 nitrogen and oxygen atoms in total. The molecule has 2 atom stereocenters. The Bertz CT molecular complexity index is 1030. The molecule has 178 valence electrons. The highest BCUT2D eigenvalue weighted by molar-refractivity contribution is 5.70. The molecule has 0 unspecified atom stereocenters. The van der Waals surface area contributed by atoms with Gasteiger partial charge in [-0.25, -0.2) is 14.5 Å². The van der Waals surface area contributed by atoms with Gasteiger partial charge < -0.3 is 14.6 Å². The first-order valence-electron chi connectivity index (χ1n) is 11.1. The summed E-state index contributed by atoms with van der Waals surface area (Å²) in [6.45, 7) is 7.56. The summed E-state index contributed by atoms with van der Waals surface area (Å²) >= 11 is 0. The largest absolute Gasteiger partial charge is 0.489 e. The van der Waals surface area contributed by atoms with Crippen LogP contribution in [0.3, 0.4) is 0 Å². The van der Waals surface area contributed by atoms with Crippen molar-refractivity contribution in [3.05, 3.63) is 35.8 Å². The van der Waals surface area contributed by atoms with E-state index in [1.165, 1.54) is 4.90 Å². The lowest BCUT2D eigenvalue weighted by Gasteiger charge is -2.27. The molecule has 1 aliphatic rings. The first-order chi connectivity index (χ1) is 15.7. The number of aliphatic carboxylic acids is 1. The smallest absolute Gasteiger partial charge is 0.414 e. The van der Waals surface area contributed by atoms with E-state index in [-0.39, 0.29) is 18.6 Å². The maximum Gasteiger partial charge on any atom is 0.414 e. The van der Waals surface area contributed by atoms with Gasteiger partial charge >= 0.3 is 12.1 Å². The van der Waals surface area contributed by atoms with Crippen LogP contribution in [0.15, 0.2) is 24.4 Å². The molecule has 0 bridgehead atoms. The quantitative estimate of drug-likeness (QED) is 0.637. The Morgan fingerprint density at radius 2 is 2.09 bits per heavy atom. The number of carboxylic acids is 1. The predicted octanol–water partition coefficient (Wildman–Crippen LogP) is 3.70. The molecule has 2 heterocycles. The van der Waals surface area contributed by atoms with Crippen molar-refractivity contribution in [2.45, 2.75) is 58.7 Å². The van der Waals surface area contributed by atoms with Crippen molar-refractivity contribution in [1.29, 1.82) is 0 Å². The SMILES string of the molecule is C=C(CC)N(C)C(=O)OCc1c(-c2ccc(O[C@H]3CCC[C@H](C(=O)O)C3)c(C)n2)nnn1C. The second-order valence-electron chi connectivity index (χ2n) is 8.26. The van der Waals surface area contributed by atoms with E-state index in [0.717, 1.165) is 12.8 Å². The Balaban J connectivity index is 1.72. The molecule has 1 saturated carbocycles. The van der Waals surface area contributed by atoms with Crippen molar-refractivity contribution in [2.75, 3.05) is 7.05 Å². The van der Waals surface area contributed by atoms with Crippen LogP contribution in [0.5, 0.6) is 5.75 Å². The van der Waals surface area contributed by atoms with E-state index in [1.807, 2.05) is 19.9 Å². The van der Waals surface area contributed by atoms with Crippen LogP contribution >= 0.6 is 0 Å². The Morgan fingerprint density at radius 1 is 1.33 bits per heavy atom. The third kappa shape index (κ3) is 5.68. The predicted molar refractivity (Wildman–Crippen MR) is 120 cm³/mol. The van der Waals surface area contributed by atoms with Crippen LogP contribution in [0.2, 0.25) is 0 Å². The standard InChI is InChI=1S/C23H31N5O5/c1-6-14(2)27(4)23(31)32-13-19-21(25-26-28(19)5)18-10-11-20(15(3)24-18)33-17-9-7-8-16(12-17)22(29)30/h10-11,16-17H,2,6-9,12-13H2,1,3-5H3,(H,29,30)/t16-,17-/m0/s1. The van der Waals surface area contributed by atoms with Crippen LogP contribution < -0.4 is 4.74 Å². The van der Waals surface area contributed by atoms with Gasteiger partial charge in [-0.15, -0.1) is 5.10 Å². The minimum atomic E-state index is -0.769. The van der Waals surface area contributed by atoms with Gasteiger partial charge in [0.1, 0.15) is 23.7 Å². The summed E-state index contributed by atoms with van der Waals surface area (Å²) in [5, 5.41) is 17.5. The minimum Gasteiger partial charge on any atom is -0.489 e. The highest BCUT2D eigenvalue weighted by atomic mass is 16.6. The van der Waals surface area contributed by atoms with Crippen molar-refractivity contribution in [3.8, 4) is 17.1 Å². The number of carboxylic acid groups (broad SMARTS) is 1. The summed E-state index contributed by atoms with van der Waals surface area (Å²) in [6, 6.07) is 3.59. The zero-order chi connectivity index (χ0) is 24.1. The zero-order valence-electron chi connectivity index (χ0n) is 19.6. The maximum atomic E-state index is 12.3. The molecular weight excluding hydrogens is 426 g/mol. The minimum absolute atomic E-state index is 0.0172. The van der Waals surface area contributed by atoms with Crippen LogP contribution in [0, 0.1) is 12.8 Å². The third-order valence-corrected chi connectivity index (χ3v) is 5.98. The number of carbonyl (C=O) groups is 2. The van der Waals surface area contributed by atoms with E-state index in [4.69, 9.17) is 9.47 Å². The number of hydrogen-bond donors (Lipinski definition) is 1. The van der Waals surface area contributed by atoms with Gasteiger partial charge in [0.25, 0.3) is 0 Å². The van der Waals surface area contributed by atoms with Crippen molar-refractivity contribution in [2.24, 2.45) is 13.0 Å². The highest BCUT2D eigenvalue weighted by Gasteiger charge is 2.28. The van der Waals surface area contributed by atoms with Crippen molar-refractivity contribution in [1.82, 2.24) is 24.9 Å². The lowest BCUT2D eigenvalue weighted by molar-refractivity contribution is -0.143. The van der Waals surface area contributed by atoms with E-state index < -0.39 is 12.1 Å². The maximum absolute atomic E-state index is 12.3. The van der Waals surface area contributed by atoms with Gasteiger partial charge in [-0.1, -0.05) is 18.7 Å². The second-order valence-corrected chi connectivity index (χ2v) is 8.26. The highest BCUT2D eigenvalue weighted by Crippen LogP contribution is 2.30. The zero-order valence-corrected chi connectivity index (χ0v) is 19.6. The molecule has 1 aliphatic carbocycles. The van der Waals surface area contributed by atoms with Crippen LogP contribution in [0.25, 0.3) is 11.4 Å². The summed E-state index contributed by atoms with van der Waals surface area (Å²) in [7, 11) is 3.34. The van der Waals surface area contributed by atoms with Crippen LogP contribution in [0.4, 0.5) is 4.79 Å². The molecule has 2 aromatic rings. The third-order valence-electron chi connectivity index (χ3n) is 5.98. The monoisotopic (exact) mass is 457 g/mol. The molecule has 0 aromatic carbocycles. The number of pyridine rings is 1. The van der Waals surface area contributed by atoms with Crippen molar-refractivity contribution < 1.29 is 24.2 Å². The number of ether oxygens (including phenoxy) is 2. The second kappa shape index (κ2) is 10.5. The molecule has 1 fully saturated rings. The number of carbonyl (C=O) groups excluding carboxylic acids is 1. The molecule has 1 N–H and O–H groups in total. The Morgan fingerprint density at radius 3 is 2.76 bits per heavy atom. The summed E-state index contributed by atoms with van der Waals surface area (Å²) in [6.07, 6.45) is 2.82. The van der Waals surface area contributed by atoms with E-state index in [9.17, 15) is 14.7 Å². The van der Waals surface area contributed by atoms with Crippen LogP contribution in [0.1, 0.15) is 50.4 Å². The average molecular weight is 458 g/mol. The summed E-state index contributed by atoms with van der Waals surface area (Å²) in [5.74, 6) is -0.518. The van der Waals surface area contributed by atoms with Gasteiger partial charge in [0, 0.05) is 19.8 Å². The Labute approximate surface area is 193 Å². The van der Waals surface area contributed by atoms with Gasteiger partial charge in [0.15, 0.2) is 0 Å². The molecule has 1 amide bonds. The normalized spacial score (nSPS) is 17.9. The fraction of sp³-hybridized carbons (Fsp3) is 0.522. The number of hydrogen-bond acceptors (Lipinski definition) is 7. The van der Waals surface area contributed by atoms with E-state index in [0.29, 0.717) is 53.5 Å². The first-order valence-corrected chi connectivity index (χ1v) is 11.1. The molecule has 0 radical (unpaired) electrons. The summed E-state index contributed by atoms with van der Waals surface area (Å²) < 4.78 is 13.1. The Kier molecular flexibility index (Phi) is 7.67. The van der Waals surface area contributed by atoms with Gasteiger partial charge in [-0.3, -0.25) is 9.69 Å². The average Bonchev–Trinajstić information content (AvgIpc) is 3.18. The van der Waals surface area contributed by atoms with Crippen LogP contribution in [-0.4, -0.2) is 55.2 Å². The van der Waals surface area contributed by atoms with Crippen LogP contribution in [-0.2, 0) is 23.2 Å². The van der Waals surface area contributed by atoms with Gasteiger partial charge in [0.2, 0.25) is 0 Å². The lowest BCUT2D eigenvalue weighted by Crippen LogP contribution is -2.29. The van der Waals surface area contributed by atoms with E-state index in [1.54, 1.807) is 24.8 Å². The summed E-state index contributed by atoms with van der Waals surface area (Å²) in [5.41, 5.74) is 3.02. The number of aryl methyl sites for hydroxylation is 2. The van der Waals surface area contributed by atoms with Crippen molar-refractivity contribution in [3.63, 3.8) is 0 Å². The number of aromatic nitrogens is 4. The fourth-order valence-corrected chi connectivity index (χ4v) is 3.79. The molecule has 2 aromatic heterocycles. The molecule has 0 spiro atoms. The number of amides is 1. The molecule has 3 rings (SSSR count). The van der Waals surface area contributed by atoms with E-state index in [2.05, 4.69) is 21.9 Å². The van der Waals surface area contributed by atoms with Gasteiger partial charge in [-0.2, -0.15) is 0 Å². The molecule has 10 heteroatoms. The Hall–Kier alpha value is -3.43. The van der Waals surface area contributed by atoms with Crippen molar-refractivity contribution >= 4 is 12.1 Å². The van der Waals surface area contributed by atoms with E-state index >= 15 is 0 Å². The molecule has 0 aliphatic heterocycles. The van der Waals surface area contributed by atoms with Gasteiger partial charge in [0.05, 0.1) is 23.4 Å². The fourth-order valence-electron chi connectivity index (χ4n) is 3.79. The summed E-state index contributed by atoms with van der Waals surface area (Å²) in [4.78, 5) is 29.6. The topological polar surface area (TPSA) is 120 Å². The number of rotatable bonds is 8. The lowest BCUT2D eigenvalue weighted by atomic mass is 9.87. The van der Waals surface area contributed by atoms with Gasteiger partial charge in [-0.05, 0) is 51.2 Å². The molecule has 33 heavy (non-hydrogen) atoms. The number of allylic oxidation sites excluding steroid dienone is 1. The molecule has 0 saturated heterocycles. The molecular formula is C23H31N5O5.